The lowest BCUT2D eigenvalue weighted by atomic mass is 10.3. The van der Waals surface area contributed by atoms with Crippen molar-refractivity contribution in [1.82, 2.24) is 9.80 Å². The summed E-state index contributed by atoms with van der Waals surface area (Å²) in [7, 11) is 0. The summed E-state index contributed by atoms with van der Waals surface area (Å²) < 4.78 is 47.1. The van der Waals surface area contributed by atoms with Gasteiger partial charge in [-0.3, -0.25) is 9.69 Å². The Labute approximate surface area is 164 Å². The van der Waals surface area contributed by atoms with Gasteiger partial charge in [-0.15, -0.1) is 0 Å². The maximum Gasteiger partial charge on any atom is 0.411 e. The van der Waals surface area contributed by atoms with E-state index in [9.17, 15) is 18.0 Å². The first-order chi connectivity index (χ1) is 12.3. The molecule has 0 atom stereocenters. The van der Waals surface area contributed by atoms with Crippen molar-refractivity contribution in [1.29, 1.82) is 0 Å². The van der Waals surface area contributed by atoms with Gasteiger partial charge in [-0.1, -0.05) is 0 Å². The van der Waals surface area contributed by atoms with Crippen molar-refractivity contribution < 1.29 is 27.4 Å². The minimum absolute atomic E-state index is 0.00583. The van der Waals surface area contributed by atoms with Crippen molar-refractivity contribution in [2.45, 2.75) is 12.6 Å². The normalized spacial score (nSPS) is 15.9. The number of halogens is 4. The minimum Gasteiger partial charge on any atom is -0.484 e. The highest BCUT2D eigenvalue weighted by Gasteiger charge is 2.27. The molecule has 1 amide bonds. The Morgan fingerprint density at radius 3 is 2.38 bits per heavy atom. The fourth-order valence-electron chi connectivity index (χ4n) is 2.57. The Morgan fingerprint density at radius 2 is 1.77 bits per heavy atom. The summed E-state index contributed by atoms with van der Waals surface area (Å²) in [6.07, 6.45) is -3.73. The lowest BCUT2D eigenvalue weighted by molar-refractivity contribution is -0.174. The van der Waals surface area contributed by atoms with Gasteiger partial charge < -0.3 is 14.4 Å². The highest BCUT2D eigenvalue weighted by atomic mass is 127. The zero-order valence-corrected chi connectivity index (χ0v) is 16.5. The van der Waals surface area contributed by atoms with Crippen molar-refractivity contribution in [2.75, 3.05) is 52.5 Å². The van der Waals surface area contributed by atoms with Crippen LogP contribution in [0.5, 0.6) is 5.75 Å². The largest absolute Gasteiger partial charge is 0.484 e. The van der Waals surface area contributed by atoms with Gasteiger partial charge in [0.25, 0.3) is 5.91 Å². The van der Waals surface area contributed by atoms with Crippen LogP contribution in [0, 0.1) is 3.57 Å². The molecule has 1 fully saturated rings. The van der Waals surface area contributed by atoms with Crippen LogP contribution in [0.4, 0.5) is 13.2 Å². The molecular formula is C17H22F3IN2O3. The molecule has 146 valence electrons. The highest BCUT2D eigenvalue weighted by molar-refractivity contribution is 14.1. The van der Waals surface area contributed by atoms with Crippen LogP contribution in [0.25, 0.3) is 0 Å². The van der Waals surface area contributed by atoms with Crippen LogP contribution in [0.1, 0.15) is 6.42 Å². The quantitative estimate of drug-likeness (QED) is 0.419. The Hall–Kier alpha value is -1.07. The summed E-state index contributed by atoms with van der Waals surface area (Å²) in [6, 6.07) is 7.48. The topological polar surface area (TPSA) is 42.0 Å². The minimum atomic E-state index is -4.27. The van der Waals surface area contributed by atoms with Crippen LogP contribution >= 0.6 is 22.6 Å². The van der Waals surface area contributed by atoms with Crippen LogP contribution in [0.15, 0.2) is 24.3 Å². The van der Waals surface area contributed by atoms with E-state index in [-0.39, 0.29) is 19.1 Å². The van der Waals surface area contributed by atoms with E-state index in [1.807, 2.05) is 24.3 Å². The first-order valence-corrected chi connectivity index (χ1v) is 9.44. The molecule has 2 rings (SSSR count). The first-order valence-electron chi connectivity index (χ1n) is 8.36. The van der Waals surface area contributed by atoms with Gasteiger partial charge in [0.05, 0.1) is 0 Å². The number of hydrogen-bond donors (Lipinski definition) is 0. The van der Waals surface area contributed by atoms with Gasteiger partial charge in [0.2, 0.25) is 0 Å². The number of carbonyl (C=O) groups is 1. The van der Waals surface area contributed by atoms with E-state index < -0.39 is 12.8 Å². The van der Waals surface area contributed by atoms with E-state index in [1.54, 1.807) is 4.90 Å². The molecular weight excluding hydrogens is 464 g/mol. The Bertz CT molecular complexity index is 561. The molecule has 0 radical (unpaired) electrons. The zero-order valence-electron chi connectivity index (χ0n) is 14.3. The predicted octanol–water partition coefficient (Wildman–Crippen LogP) is 2.78. The van der Waals surface area contributed by atoms with Crippen LogP contribution < -0.4 is 4.74 Å². The summed E-state index contributed by atoms with van der Waals surface area (Å²) in [5.41, 5.74) is 0. The van der Waals surface area contributed by atoms with Crippen LogP contribution in [-0.4, -0.2) is 74.4 Å². The third-order valence-corrected chi connectivity index (χ3v) is 4.65. The van der Waals surface area contributed by atoms with Crippen molar-refractivity contribution in [2.24, 2.45) is 0 Å². The lowest BCUT2D eigenvalue weighted by Gasteiger charge is -2.34. The number of nitrogens with zero attached hydrogens (tertiary/aromatic N) is 2. The fraction of sp³-hybridized carbons (Fsp3) is 0.588. The molecule has 0 aromatic heterocycles. The average Bonchev–Trinajstić information content (AvgIpc) is 2.60. The second-order valence-corrected chi connectivity index (χ2v) is 7.23. The molecule has 1 saturated heterocycles. The summed E-state index contributed by atoms with van der Waals surface area (Å²) in [5, 5.41) is 0. The van der Waals surface area contributed by atoms with E-state index in [0.717, 1.165) is 3.57 Å². The molecule has 0 bridgehead atoms. The van der Waals surface area contributed by atoms with Crippen molar-refractivity contribution in [3.63, 3.8) is 0 Å². The molecule has 1 aliphatic heterocycles. The molecule has 9 heteroatoms. The molecule has 1 heterocycles. The van der Waals surface area contributed by atoms with Crippen molar-refractivity contribution in [3.8, 4) is 5.75 Å². The molecule has 26 heavy (non-hydrogen) atoms. The van der Waals surface area contributed by atoms with Gasteiger partial charge in [0.1, 0.15) is 12.4 Å². The number of piperazine rings is 1. The van der Waals surface area contributed by atoms with E-state index in [2.05, 4.69) is 32.2 Å². The number of ether oxygens (including phenoxy) is 2. The predicted molar refractivity (Wildman–Crippen MR) is 99.2 cm³/mol. The Balaban J connectivity index is 1.58. The number of benzene rings is 1. The van der Waals surface area contributed by atoms with Crippen molar-refractivity contribution >= 4 is 28.5 Å². The van der Waals surface area contributed by atoms with Crippen LogP contribution in [-0.2, 0) is 9.53 Å². The van der Waals surface area contributed by atoms with Crippen LogP contribution in [0.2, 0.25) is 0 Å². The van der Waals surface area contributed by atoms with E-state index in [4.69, 9.17) is 4.74 Å². The Kier molecular flexibility index (Phi) is 8.42. The summed E-state index contributed by atoms with van der Waals surface area (Å²) in [6.45, 7) is 2.16. The maximum atomic E-state index is 12.2. The van der Waals surface area contributed by atoms with Gasteiger partial charge in [0.15, 0.2) is 6.61 Å². The number of amides is 1. The standard InChI is InChI=1S/C17H22F3IN2O3/c18-17(19,20)13-25-11-1-6-22-7-9-23(10-8-22)16(24)12-26-15-4-2-14(21)3-5-15/h2-5H,1,6-13H2. The zero-order chi connectivity index (χ0) is 19.0. The average molecular weight is 486 g/mol. The molecule has 0 aliphatic carbocycles. The molecule has 0 unspecified atom stereocenters. The van der Waals surface area contributed by atoms with Gasteiger partial charge in [-0.2, -0.15) is 13.2 Å². The molecule has 0 spiro atoms. The van der Waals surface area contributed by atoms with Gasteiger partial charge >= 0.3 is 6.18 Å². The summed E-state index contributed by atoms with van der Waals surface area (Å²) >= 11 is 2.20. The summed E-state index contributed by atoms with van der Waals surface area (Å²) in [5.74, 6) is 0.605. The van der Waals surface area contributed by atoms with Gasteiger partial charge in [-0.05, 0) is 53.3 Å². The van der Waals surface area contributed by atoms with E-state index >= 15 is 0 Å². The van der Waals surface area contributed by atoms with Gasteiger partial charge in [0, 0.05) is 42.9 Å². The lowest BCUT2D eigenvalue weighted by Crippen LogP contribution is -2.50. The van der Waals surface area contributed by atoms with Gasteiger partial charge in [-0.25, -0.2) is 0 Å². The second-order valence-electron chi connectivity index (χ2n) is 5.99. The smallest absolute Gasteiger partial charge is 0.411 e. The van der Waals surface area contributed by atoms with Crippen LogP contribution in [0.3, 0.4) is 0 Å². The molecule has 5 nitrogen and oxygen atoms in total. The number of alkyl halides is 3. The number of rotatable bonds is 8. The molecule has 1 aromatic carbocycles. The SMILES string of the molecule is O=C(COc1ccc(I)cc1)N1CCN(CCCOCC(F)(F)F)CC1. The molecule has 1 aromatic rings. The third kappa shape index (κ3) is 8.09. The number of carbonyl (C=O) groups excluding carboxylic acids is 1. The monoisotopic (exact) mass is 486 g/mol. The third-order valence-electron chi connectivity index (χ3n) is 3.93. The molecule has 1 aliphatic rings. The molecule has 0 saturated carbocycles. The highest BCUT2D eigenvalue weighted by Crippen LogP contribution is 2.15. The Morgan fingerprint density at radius 1 is 1.12 bits per heavy atom. The fourth-order valence-corrected chi connectivity index (χ4v) is 2.93. The second kappa shape index (κ2) is 10.3. The summed E-state index contributed by atoms with van der Waals surface area (Å²) in [4.78, 5) is 16.1. The van der Waals surface area contributed by atoms with Crippen molar-refractivity contribution in [3.05, 3.63) is 27.8 Å². The maximum absolute atomic E-state index is 12.2. The van der Waals surface area contributed by atoms with E-state index in [1.165, 1.54) is 0 Å². The molecule has 0 N–H and O–H groups in total. The number of hydrogen-bond acceptors (Lipinski definition) is 4. The van der Waals surface area contributed by atoms with E-state index in [0.29, 0.717) is 44.9 Å². The first kappa shape index (κ1) is 21.2.